The smallest absolute Gasteiger partial charge is 0.510 e. The van der Waals surface area contributed by atoms with E-state index in [0.717, 1.165) is 25.0 Å². The van der Waals surface area contributed by atoms with Gasteiger partial charge >= 0.3 is 6.36 Å². The molecule has 0 atom stereocenters. The highest BCUT2D eigenvalue weighted by Crippen LogP contribution is 2.42. The lowest BCUT2D eigenvalue weighted by molar-refractivity contribution is -0.274. The van der Waals surface area contributed by atoms with Crippen molar-refractivity contribution in [1.29, 1.82) is 0 Å². The first kappa shape index (κ1) is 32.7. The third-order valence-electron chi connectivity index (χ3n) is 6.84. The van der Waals surface area contributed by atoms with E-state index in [4.69, 9.17) is 19.9 Å². The Labute approximate surface area is 254 Å². The van der Waals surface area contributed by atoms with Gasteiger partial charge in [-0.2, -0.15) is 0 Å². The van der Waals surface area contributed by atoms with Crippen molar-refractivity contribution in [3.63, 3.8) is 0 Å². The number of primary amides is 1. The van der Waals surface area contributed by atoms with E-state index < -0.39 is 40.6 Å². The van der Waals surface area contributed by atoms with Crippen LogP contribution in [0.4, 0.5) is 23.2 Å². The molecule has 0 radical (unpaired) electrons. The van der Waals surface area contributed by atoms with Crippen LogP contribution in [0, 0.1) is 5.82 Å². The number of carbonyl (C=O) groups is 2. The number of rotatable bonds is 10. The van der Waals surface area contributed by atoms with Crippen molar-refractivity contribution in [2.75, 3.05) is 12.4 Å². The van der Waals surface area contributed by atoms with Gasteiger partial charge in [0.05, 0.1) is 6.10 Å². The van der Waals surface area contributed by atoms with Crippen LogP contribution in [0.2, 0.25) is 0 Å². The fourth-order valence-electron chi connectivity index (χ4n) is 4.90. The van der Waals surface area contributed by atoms with Gasteiger partial charge in [-0.25, -0.2) is 4.39 Å². The predicted octanol–water partition coefficient (Wildman–Crippen LogP) is 2.82. The van der Waals surface area contributed by atoms with Crippen LogP contribution in [0.5, 0.6) is 23.0 Å². The molecule has 44 heavy (non-hydrogen) atoms. The number of nitrogens with zero attached hydrogens (tertiary/aromatic N) is 1. The molecule has 1 fully saturated rings. The van der Waals surface area contributed by atoms with Crippen LogP contribution in [0.3, 0.4) is 0 Å². The van der Waals surface area contributed by atoms with E-state index >= 15 is 4.39 Å². The van der Waals surface area contributed by atoms with Gasteiger partial charge in [0.2, 0.25) is 0 Å². The fraction of sp³-hybridized carbons (Fsp3) is 0.321. The highest BCUT2D eigenvalue weighted by molar-refractivity contribution is 6.58. The minimum atomic E-state index is -4.95. The largest absolute Gasteiger partial charge is 0.573 e. The summed E-state index contributed by atoms with van der Waals surface area (Å²) in [5, 5.41) is 1.65. The second-order valence-electron chi connectivity index (χ2n) is 11.3. The maximum Gasteiger partial charge on any atom is 0.573 e. The maximum absolute atomic E-state index is 15.9. The summed E-state index contributed by atoms with van der Waals surface area (Å²) in [6, 6.07) is 8.64. The number of pyridine rings is 1. The van der Waals surface area contributed by atoms with Crippen LogP contribution >= 0.6 is 0 Å². The summed E-state index contributed by atoms with van der Waals surface area (Å²) in [6.45, 7) is 0. The zero-order valence-corrected chi connectivity index (χ0v) is 24.6. The minimum absolute atomic E-state index is 0.0541. The molecule has 0 spiro atoms. The first-order chi connectivity index (χ1) is 20.6. The molecule has 1 aliphatic carbocycles. The van der Waals surface area contributed by atoms with E-state index in [1.165, 1.54) is 36.5 Å². The topological polar surface area (TPSA) is 122 Å². The molecule has 3 aromatic rings. The number of alkyl halides is 3. The summed E-state index contributed by atoms with van der Waals surface area (Å²) >= 11 is 0. The molecule has 9 nitrogen and oxygen atoms in total. The van der Waals surface area contributed by atoms with Crippen LogP contribution in [0.25, 0.3) is 0 Å². The van der Waals surface area contributed by atoms with Gasteiger partial charge in [0.1, 0.15) is 52.1 Å². The molecule has 1 aliphatic rings. The number of hydrogen-bond donors (Lipinski definition) is 2. The average molecular weight is 613 g/mol. The Hall–Kier alpha value is -4.20. The van der Waals surface area contributed by atoms with Crippen molar-refractivity contribution in [1.82, 2.24) is 4.98 Å². The highest BCUT2D eigenvalue weighted by Gasteiger charge is 2.32. The molecule has 2 amide bonds. The quantitative estimate of drug-likeness (QED) is 0.267. The highest BCUT2D eigenvalue weighted by atomic mass is 19.4. The third-order valence-corrected chi connectivity index (χ3v) is 6.84. The Balaban J connectivity index is 1.77. The van der Waals surface area contributed by atoms with Crippen LogP contribution in [-0.4, -0.2) is 65.2 Å². The Morgan fingerprint density at radius 2 is 1.66 bits per heavy atom. The van der Waals surface area contributed by atoms with E-state index in [-0.39, 0.29) is 40.7 Å². The molecule has 2 aromatic carbocycles. The van der Waals surface area contributed by atoms with Gasteiger partial charge in [-0.05, 0) is 73.6 Å². The summed E-state index contributed by atoms with van der Waals surface area (Å²) < 4.78 is 76.1. The summed E-state index contributed by atoms with van der Waals surface area (Å²) in [5.74, 6) is -3.64. The summed E-state index contributed by atoms with van der Waals surface area (Å²) in [4.78, 5) is 28.8. The molecule has 0 bridgehead atoms. The molecule has 0 aliphatic heterocycles. The minimum Gasteiger partial charge on any atom is -0.510 e. The standard InChI is InChI=1S/C28H30B3F4N3O6/c1-41-17-4-2-14(3-5-17)15-10-19(32)24(26(40)38-16-8-9-37-20(12-16)25(36)39)23(11-15)42-21-7-6-18(43-28(33,34)35)13-22(21)44-27(29,30)31/h6-14,17H,2-5,29-31H2,1H3,(H2,36,39)(H,37,38,40)/t14-,17+. The van der Waals surface area contributed by atoms with Crippen molar-refractivity contribution in [3.8, 4) is 23.0 Å². The zero-order valence-electron chi connectivity index (χ0n) is 24.6. The van der Waals surface area contributed by atoms with Gasteiger partial charge in [0.25, 0.3) is 11.8 Å². The number of methoxy groups -OCH3 is 1. The molecule has 4 rings (SSSR count). The second-order valence-corrected chi connectivity index (χ2v) is 11.3. The van der Waals surface area contributed by atoms with E-state index in [2.05, 4.69) is 15.0 Å². The number of halogens is 4. The monoisotopic (exact) mass is 613 g/mol. The molecule has 0 saturated heterocycles. The van der Waals surface area contributed by atoms with Crippen molar-refractivity contribution in [3.05, 3.63) is 71.3 Å². The summed E-state index contributed by atoms with van der Waals surface area (Å²) in [6.07, 6.45) is -0.672. The van der Waals surface area contributed by atoms with Gasteiger partial charge in [-0.1, -0.05) is 0 Å². The van der Waals surface area contributed by atoms with Crippen LogP contribution < -0.4 is 25.3 Å². The van der Waals surface area contributed by atoms with Crippen molar-refractivity contribution in [2.45, 2.75) is 49.4 Å². The van der Waals surface area contributed by atoms with Gasteiger partial charge in [0.15, 0.2) is 11.5 Å². The summed E-state index contributed by atoms with van der Waals surface area (Å²) in [7, 11) is 6.68. The molecule has 16 heteroatoms. The Kier molecular flexibility index (Phi) is 9.82. The third kappa shape index (κ3) is 8.68. The van der Waals surface area contributed by atoms with Gasteiger partial charge in [-0.15, -0.1) is 13.2 Å². The van der Waals surface area contributed by atoms with Crippen molar-refractivity contribution < 1.29 is 46.1 Å². The normalized spacial score (nSPS) is 17.0. The first-order valence-electron chi connectivity index (χ1n) is 13.8. The molecular weight excluding hydrogens is 583 g/mol. The number of nitrogens with one attached hydrogen (secondary N) is 1. The number of aromatic nitrogens is 1. The Morgan fingerprint density at radius 3 is 2.27 bits per heavy atom. The summed E-state index contributed by atoms with van der Waals surface area (Å²) in [5.41, 5.74) is 5.39. The molecule has 3 N–H and O–H groups in total. The number of anilines is 1. The molecular formula is C28H30B3F4N3O6. The lowest BCUT2D eigenvalue weighted by atomic mass is 9.52. The van der Waals surface area contributed by atoms with E-state index in [0.29, 0.717) is 18.4 Å². The average Bonchev–Trinajstić information content (AvgIpc) is 2.92. The fourth-order valence-corrected chi connectivity index (χ4v) is 4.90. The number of nitrogens with two attached hydrogens (primary N) is 1. The Bertz CT molecular complexity index is 1530. The Morgan fingerprint density at radius 1 is 0.955 bits per heavy atom. The first-order valence-corrected chi connectivity index (χ1v) is 13.8. The zero-order chi connectivity index (χ0) is 32.2. The van der Waals surface area contributed by atoms with Crippen molar-refractivity contribution in [2.24, 2.45) is 5.73 Å². The van der Waals surface area contributed by atoms with E-state index in [1.807, 2.05) is 0 Å². The molecule has 1 saturated carbocycles. The van der Waals surface area contributed by atoms with Crippen LogP contribution in [0.1, 0.15) is 58.0 Å². The van der Waals surface area contributed by atoms with E-state index in [1.54, 1.807) is 30.6 Å². The molecule has 1 heterocycles. The molecule has 0 unspecified atom stereocenters. The lowest BCUT2D eigenvalue weighted by Crippen LogP contribution is -2.37. The maximum atomic E-state index is 15.9. The van der Waals surface area contributed by atoms with Gasteiger partial charge < -0.3 is 30.0 Å². The predicted molar refractivity (Wildman–Crippen MR) is 161 cm³/mol. The lowest BCUT2D eigenvalue weighted by Gasteiger charge is -2.28. The number of ether oxygens (including phenoxy) is 4. The van der Waals surface area contributed by atoms with E-state index in [9.17, 15) is 22.8 Å². The van der Waals surface area contributed by atoms with Gasteiger partial charge in [-0.3, -0.25) is 14.6 Å². The second kappa shape index (κ2) is 13.2. The molecule has 230 valence electrons. The van der Waals surface area contributed by atoms with Crippen molar-refractivity contribution >= 4 is 41.0 Å². The molecule has 1 aromatic heterocycles. The van der Waals surface area contributed by atoms with Gasteiger partial charge in [0, 0.05) is 30.4 Å². The SMILES string of the molecule is BC(B)(B)Oc1cc(OC(F)(F)F)ccc1Oc1cc([C@H]2CC[C@@H](OC)CC2)cc(F)c1C(=O)Nc1ccnc(C(N)=O)c1. The van der Waals surface area contributed by atoms with Crippen LogP contribution in [-0.2, 0) is 4.74 Å². The number of hydrogen-bond acceptors (Lipinski definition) is 7. The number of benzene rings is 2. The number of carbonyl (C=O) groups excluding carboxylic acids is 2. The van der Waals surface area contributed by atoms with Crippen LogP contribution in [0.15, 0.2) is 48.7 Å². The number of amides is 2.